The van der Waals surface area contributed by atoms with Crippen molar-refractivity contribution < 1.29 is 4.74 Å². The summed E-state index contributed by atoms with van der Waals surface area (Å²) in [6.07, 6.45) is 0. The lowest BCUT2D eigenvalue weighted by molar-refractivity contribution is 0.0180. The lowest BCUT2D eigenvalue weighted by Gasteiger charge is -2.34. The fourth-order valence-corrected chi connectivity index (χ4v) is 3.55. The molecule has 29 heavy (non-hydrogen) atoms. The van der Waals surface area contributed by atoms with Crippen molar-refractivity contribution in [3.63, 3.8) is 0 Å². The number of aliphatic imine (C=N–C) groups is 1. The Labute approximate surface area is 191 Å². The van der Waals surface area contributed by atoms with Crippen molar-refractivity contribution in [2.45, 2.75) is 32.7 Å². The summed E-state index contributed by atoms with van der Waals surface area (Å²) >= 11 is 0. The third kappa shape index (κ3) is 6.97. The first-order valence-corrected chi connectivity index (χ1v) is 10.1. The summed E-state index contributed by atoms with van der Waals surface area (Å²) in [5, 5.41) is 3.24. The van der Waals surface area contributed by atoms with Crippen molar-refractivity contribution >= 4 is 35.6 Å². The Hall–Kier alpha value is -1.64. The van der Waals surface area contributed by atoms with E-state index in [9.17, 15) is 0 Å². The summed E-state index contributed by atoms with van der Waals surface area (Å²) in [6, 6.07) is 17.2. The number of halogens is 1. The van der Waals surface area contributed by atoms with Crippen molar-refractivity contribution in [2.24, 2.45) is 10.7 Å². The highest BCUT2D eigenvalue weighted by Gasteiger charge is 2.22. The zero-order valence-electron chi connectivity index (χ0n) is 17.6. The SMILES string of the molecule is Cc1cccc(C(CN=C(N)Nc2cccc(C(C)C)c2)N2CCOCC2)c1.I. The molecular formula is C23H33IN4O. The molecule has 0 radical (unpaired) electrons. The molecule has 1 atom stereocenters. The van der Waals surface area contributed by atoms with Gasteiger partial charge in [0.25, 0.3) is 0 Å². The van der Waals surface area contributed by atoms with E-state index >= 15 is 0 Å². The van der Waals surface area contributed by atoms with E-state index in [1.54, 1.807) is 0 Å². The maximum absolute atomic E-state index is 6.21. The van der Waals surface area contributed by atoms with E-state index in [-0.39, 0.29) is 30.0 Å². The Balaban J connectivity index is 0.00000300. The molecule has 3 rings (SSSR count). The zero-order valence-corrected chi connectivity index (χ0v) is 19.9. The van der Waals surface area contributed by atoms with Gasteiger partial charge in [-0.15, -0.1) is 24.0 Å². The van der Waals surface area contributed by atoms with Crippen LogP contribution in [-0.4, -0.2) is 43.7 Å². The molecule has 0 aromatic heterocycles. The number of hydrogen-bond donors (Lipinski definition) is 2. The van der Waals surface area contributed by atoms with Crippen LogP contribution >= 0.6 is 24.0 Å². The van der Waals surface area contributed by atoms with Gasteiger partial charge in [-0.1, -0.05) is 55.8 Å². The van der Waals surface area contributed by atoms with Crippen LogP contribution in [0.1, 0.15) is 42.5 Å². The fourth-order valence-electron chi connectivity index (χ4n) is 3.55. The molecular weight excluding hydrogens is 475 g/mol. The first kappa shape index (κ1) is 23.6. The Kier molecular flexibility index (Phi) is 9.39. The number of nitrogens with one attached hydrogen (secondary N) is 1. The maximum Gasteiger partial charge on any atom is 0.193 e. The highest BCUT2D eigenvalue weighted by molar-refractivity contribution is 14.0. The molecule has 2 aromatic rings. The average Bonchev–Trinajstić information content (AvgIpc) is 2.69. The molecule has 1 unspecified atom stereocenters. The lowest BCUT2D eigenvalue weighted by atomic mass is 10.0. The average molecular weight is 508 g/mol. The number of morpholine rings is 1. The molecule has 1 heterocycles. The first-order valence-electron chi connectivity index (χ1n) is 10.1. The van der Waals surface area contributed by atoms with E-state index in [0.29, 0.717) is 18.4 Å². The topological polar surface area (TPSA) is 62.9 Å². The number of aryl methyl sites for hydroxylation is 1. The third-order valence-electron chi connectivity index (χ3n) is 5.17. The molecule has 1 saturated heterocycles. The first-order chi connectivity index (χ1) is 13.5. The highest BCUT2D eigenvalue weighted by Crippen LogP contribution is 2.23. The van der Waals surface area contributed by atoms with Crippen LogP contribution in [0.2, 0.25) is 0 Å². The molecule has 158 valence electrons. The second-order valence-corrected chi connectivity index (χ2v) is 7.71. The van der Waals surface area contributed by atoms with Gasteiger partial charge in [0, 0.05) is 18.8 Å². The van der Waals surface area contributed by atoms with E-state index in [1.807, 2.05) is 12.1 Å². The second kappa shape index (κ2) is 11.5. The summed E-state index contributed by atoms with van der Waals surface area (Å²) in [7, 11) is 0. The summed E-state index contributed by atoms with van der Waals surface area (Å²) < 4.78 is 5.53. The van der Waals surface area contributed by atoms with E-state index in [4.69, 9.17) is 10.5 Å². The zero-order chi connectivity index (χ0) is 19.9. The van der Waals surface area contributed by atoms with Crippen molar-refractivity contribution in [2.75, 3.05) is 38.2 Å². The fraction of sp³-hybridized carbons (Fsp3) is 0.435. The van der Waals surface area contributed by atoms with Crippen molar-refractivity contribution in [1.82, 2.24) is 4.90 Å². The van der Waals surface area contributed by atoms with Crippen LogP contribution in [-0.2, 0) is 4.74 Å². The van der Waals surface area contributed by atoms with Crippen molar-refractivity contribution in [1.29, 1.82) is 0 Å². The minimum absolute atomic E-state index is 0. The van der Waals surface area contributed by atoms with Gasteiger partial charge in [-0.2, -0.15) is 0 Å². The van der Waals surface area contributed by atoms with Gasteiger partial charge in [0.05, 0.1) is 25.8 Å². The van der Waals surface area contributed by atoms with E-state index in [0.717, 1.165) is 32.0 Å². The summed E-state index contributed by atoms with van der Waals surface area (Å²) in [5.74, 6) is 0.929. The molecule has 0 spiro atoms. The van der Waals surface area contributed by atoms with Crippen molar-refractivity contribution in [3.05, 3.63) is 65.2 Å². The number of benzene rings is 2. The molecule has 0 aliphatic carbocycles. The van der Waals surface area contributed by atoms with Crippen LogP contribution < -0.4 is 11.1 Å². The van der Waals surface area contributed by atoms with E-state index in [1.165, 1.54) is 16.7 Å². The number of nitrogens with zero attached hydrogens (tertiary/aromatic N) is 2. The molecule has 1 fully saturated rings. The van der Waals surface area contributed by atoms with Gasteiger partial charge in [-0.05, 0) is 36.1 Å². The highest BCUT2D eigenvalue weighted by atomic mass is 127. The number of hydrogen-bond acceptors (Lipinski definition) is 3. The Morgan fingerprint density at radius 1 is 1.10 bits per heavy atom. The van der Waals surface area contributed by atoms with Gasteiger partial charge in [-0.3, -0.25) is 9.89 Å². The molecule has 1 aliphatic rings. The van der Waals surface area contributed by atoms with Gasteiger partial charge in [0.15, 0.2) is 5.96 Å². The third-order valence-corrected chi connectivity index (χ3v) is 5.17. The monoisotopic (exact) mass is 508 g/mol. The standard InChI is InChI=1S/C23H32N4O.HI/c1-17(2)19-7-5-9-21(15-19)26-23(24)25-16-22(27-10-12-28-13-11-27)20-8-4-6-18(3)14-20;/h4-9,14-15,17,22H,10-13,16H2,1-3H3,(H3,24,25,26);1H. The van der Waals surface area contributed by atoms with Crippen molar-refractivity contribution in [3.8, 4) is 0 Å². The summed E-state index contributed by atoms with van der Waals surface area (Å²) in [6.45, 7) is 10.5. The van der Waals surface area contributed by atoms with Crippen LogP contribution in [0.15, 0.2) is 53.5 Å². The largest absolute Gasteiger partial charge is 0.379 e. The molecule has 0 bridgehead atoms. The van der Waals surface area contributed by atoms with Crippen LogP contribution in [0, 0.1) is 6.92 Å². The predicted molar refractivity (Wildman–Crippen MR) is 132 cm³/mol. The van der Waals surface area contributed by atoms with E-state index < -0.39 is 0 Å². The molecule has 3 N–H and O–H groups in total. The number of anilines is 1. The Bertz CT molecular complexity index is 803. The molecule has 5 nitrogen and oxygen atoms in total. The normalized spacial score (nSPS) is 16.3. The smallest absolute Gasteiger partial charge is 0.193 e. The van der Waals surface area contributed by atoms with Gasteiger partial charge >= 0.3 is 0 Å². The minimum atomic E-state index is 0. The molecule has 2 aromatic carbocycles. The molecule has 0 saturated carbocycles. The van der Waals surface area contributed by atoms with Gasteiger partial charge in [0.1, 0.15) is 0 Å². The van der Waals surface area contributed by atoms with Gasteiger partial charge in [-0.25, -0.2) is 0 Å². The second-order valence-electron chi connectivity index (χ2n) is 7.71. The summed E-state index contributed by atoms with van der Waals surface area (Å²) in [4.78, 5) is 7.12. The number of rotatable bonds is 6. The number of guanidine groups is 1. The van der Waals surface area contributed by atoms with E-state index in [2.05, 4.69) is 72.4 Å². The number of nitrogens with two attached hydrogens (primary N) is 1. The minimum Gasteiger partial charge on any atom is -0.379 e. The Morgan fingerprint density at radius 2 is 1.79 bits per heavy atom. The maximum atomic E-state index is 6.21. The van der Waals surface area contributed by atoms with Gasteiger partial charge in [0.2, 0.25) is 0 Å². The van der Waals surface area contributed by atoms with Crippen LogP contribution in [0.4, 0.5) is 5.69 Å². The lowest BCUT2D eigenvalue weighted by Crippen LogP contribution is -2.40. The molecule has 6 heteroatoms. The molecule has 1 aliphatic heterocycles. The predicted octanol–water partition coefficient (Wildman–Crippen LogP) is 4.54. The van der Waals surface area contributed by atoms with Crippen LogP contribution in [0.3, 0.4) is 0 Å². The van der Waals surface area contributed by atoms with Crippen LogP contribution in [0.25, 0.3) is 0 Å². The Morgan fingerprint density at radius 3 is 2.48 bits per heavy atom. The quantitative estimate of drug-likeness (QED) is 0.342. The van der Waals surface area contributed by atoms with Crippen LogP contribution in [0.5, 0.6) is 0 Å². The van der Waals surface area contributed by atoms with Gasteiger partial charge < -0.3 is 15.8 Å². The summed E-state index contributed by atoms with van der Waals surface area (Å²) in [5.41, 5.74) is 11.0. The number of ether oxygens (including phenoxy) is 1. The molecule has 0 amide bonds.